The fraction of sp³-hybridized carbons (Fsp3) is 0.952. The summed E-state index contributed by atoms with van der Waals surface area (Å²) in [4.78, 5) is 10.5. The SMILES string of the molecule is CCNC(=NCC1(N2CCSCC2)CCCC1)NC1CCN(C(C)C)CC1.I. The Balaban J connectivity index is 0.00000280. The van der Waals surface area contributed by atoms with Crippen LogP contribution in [0.25, 0.3) is 0 Å². The van der Waals surface area contributed by atoms with Crippen LogP contribution in [0.2, 0.25) is 0 Å². The van der Waals surface area contributed by atoms with E-state index in [1.54, 1.807) is 0 Å². The van der Waals surface area contributed by atoms with Crippen LogP contribution in [0.4, 0.5) is 0 Å². The number of guanidine groups is 1. The Hall–Kier alpha value is 0.270. The largest absolute Gasteiger partial charge is 0.357 e. The van der Waals surface area contributed by atoms with Crippen LogP contribution in [0, 0.1) is 0 Å². The Morgan fingerprint density at radius 1 is 1.11 bits per heavy atom. The van der Waals surface area contributed by atoms with E-state index in [1.165, 1.54) is 76.2 Å². The maximum atomic E-state index is 5.12. The Morgan fingerprint density at radius 3 is 2.32 bits per heavy atom. The van der Waals surface area contributed by atoms with Crippen molar-refractivity contribution in [2.75, 3.05) is 50.8 Å². The third-order valence-electron chi connectivity index (χ3n) is 6.69. The summed E-state index contributed by atoms with van der Waals surface area (Å²) < 4.78 is 0. The zero-order valence-electron chi connectivity index (χ0n) is 18.2. The van der Waals surface area contributed by atoms with Gasteiger partial charge >= 0.3 is 0 Å². The highest BCUT2D eigenvalue weighted by Gasteiger charge is 2.40. The summed E-state index contributed by atoms with van der Waals surface area (Å²) in [6.07, 6.45) is 7.84. The van der Waals surface area contributed by atoms with Crippen molar-refractivity contribution in [3.63, 3.8) is 0 Å². The van der Waals surface area contributed by atoms with Gasteiger partial charge in [-0.3, -0.25) is 9.89 Å². The van der Waals surface area contributed by atoms with Crippen LogP contribution in [0.1, 0.15) is 59.3 Å². The monoisotopic (exact) mass is 523 g/mol. The molecule has 1 aliphatic carbocycles. The van der Waals surface area contributed by atoms with Crippen LogP contribution in [0.3, 0.4) is 0 Å². The van der Waals surface area contributed by atoms with Crippen molar-refractivity contribution in [3.05, 3.63) is 0 Å². The van der Waals surface area contributed by atoms with E-state index in [4.69, 9.17) is 4.99 Å². The molecule has 3 fully saturated rings. The molecule has 0 aromatic heterocycles. The van der Waals surface area contributed by atoms with Crippen LogP contribution >= 0.6 is 35.7 Å². The maximum Gasteiger partial charge on any atom is 0.191 e. The quantitative estimate of drug-likeness (QED) is 0.318. The molecule has 2 heterocycles. The van der Waals surface area contributed by atoms with Gasteiger partial charge in [0.15, 0.2) is 5.96 Å². The smallest absolute Gasteiger partial charge is 0.191 e. The molecule has 0 bridgehead atoms. The minimum Gasteiger partial charge on any atom is -0.357 e. The molecule has 2 aliphatic heterocycles. The molecule has 0 spiro atoms. The molecule has 5 nitrogen and oxygen atoms in total. The number of hydrogen-bond donors (Lipinski definition) is 2. The van der Waals surface area contributed by atoms with Gasteiger partial charge < -0.3 is 15.5 Å². The molecule has 0 amide bonds. The second kappa shape index (κ2) is 12.2. The van der Waals surface area contributed by atoms with E-state index in [2.05, 4.69) is 53.0 Å². The second-order valence-corrected chi connectivity index (χ2v) is 10.00. The number of aliphatic imine (C=N–C) groups is 1. The molecule has 7 heteroatoms. The van der Waals surface area contributed by atoms with Crippen LogP contribution < -0.4 is 10.6 Å². The molecule has 0 unspecified atom stereocenters. The highest BCUT2D eigenvalue weighted by Crippen LogP contribution is 2.37. The molecule has 164 valence electrons. The first-order chi connectivity index (χ1) is 13.1. The molecule has 3 rings (SSSR count). The molecule has 2 saturated heterocycles. The van der Waals surface area contributed by atoms with Crippen molar-refractivity contribution in [2.24, 2.45) is 4.99 Å². The molecule has 0 aromatic carbocycles. The molecule has 0 atom stereocenters. The summed E-state index contributed by atoms with van der Waals surface area (Å²) in [6.45, 7) is 13.6. The number of likely N-dealkylation sites (tertiary alicyclic amines) is 1. The molecular formula is C21H42IN5S. The molecular weight excluding hydrogens is 481 g/mol. The molecule has 2 N–H and O–H groups in total. The van der Waals surface area contributed by atoms with Crippen LogP contribution in [0.5, 0.6) is 0 Å². The number of nitrogens with one attached hydrogen (secondary N) is 2. The van der Waals surface area contributed by atoms with Gasteiger partial charge in [0.2, 0.25) is 0 Å². The van der Waals surface area contributed by atoms with Crippen LogP contribution in [-0.4, -0.2) is 84.2 Å². The highest BCUT2D eigenvalue weighted by molar-refractivity contribution is 14.0. The Kier molecular flexibility index (Phi) is 10.7. The normalized spacial score (nSPS) is 24.9. The summed E-state index contributed by atoms with van der Waals surface area (Å²) in [5, 5.41) is 7.26. The van der Waals surface area contributed by atoms with Gasteiger partial charge in [0.05, 0.1) is 6.54 Å². The van der Waals surface area contributed by atoms with Gasteiger partial charge in [0.1, 0.15) is 0 Å². The molecule has 0 radical (unpaired) electrons. The lowest BCUT2D eigenvalue weighted by Gasteiger charge is -2.42. The average Bonchev–Trinajstić information content (AvgIpc) is 3.18. The lowest BCUT2D eigenvalue weighted by molar-refractivity contribution is 0.112. The van der Waals surface area contributed by atoms with E-state index in [-0.39, 0.29) is 24.0 Å². The standard InChI is InChI=1S/C21H41N5S.HI/c1-4-22-20(24-19-7-11-25(12-8-19)18(2)3)23-17-21(9-5-6-10-21)26-13-15-27-16-14-26;/h18-19H,4-17H2,1-3H3,(H2,22,23,24);1H. The van der Waals surface area contributed by atoms with E-state index < -0.39 is 0 Å². The summed E-state index contributed by atoms with van der Waals surface area (Å²) in [6, 6.07) is 1.22. The predicted molar refractivity (Wildman–Crippen MR) is 134 cm³/mol. The lowest BCUT2D eigenvalue weighted by atomic mass is 9.95. The molecule has 0 aromatic rings. The number of halogens is 1. The van der Waals surface area contributed by atoms with Crippen molar-refractivity contribution in [2.45, 2.75) is 76.9 Å². The topological polar surface area (TPSA) is 42.9 Å². The molecule has 3 aliphatic rings. The maximum absolute atomic E-state index is 5.12. The second-order valence-electron chi connectivity index (χ2n) is 8.77. The van der Waals surface area contributed by atoms with Gasteiger partial charge in [0.25, 0.3) is 0 Å². The first-order valence-electron chi connectivity index (χ1n) is 11.2. The minimum absolute atomic E-state index is 0. The van der Waals surface area contributed by atoms with Gasteiger partial charge in [-0.15, -0.1) is 24.0 Å². The van der Waals surface area contributed by atoms with Gasteiger partial charge in [-0.1, -0.05) is 12.8 Å². The van der Waals surface area contributed by atoms with Crippen molar-refractivity contribution in [1.82, 2.24) is 20.4 Å². The number of hydrogen-bond acceptors (Lipinski definition) is 4. The number of nitrogens with zero attached hydrogens (tertiary/aromatic N) is 3. The lowest BCUT2D eigenvalue weighted by Crippen LogP contribution is -2.54. The van der Waals surface area contributed by atoms with Crippen molar-refractivity contribution < 1.29 is 0 Å². The summed E-state index contributed by atoms with van der Waals surface area (Å²) >= 11 is 2.11. The summed E-state index contributed by atoms with van der Waals surface area (Å²) in [7, 11) is 0. The van der Waals surface area contributed by atoms with E-state index in [9.17, 15) is 0 Å². The fourth-order valence-electron chi connectivity index (χ4n) is 4.94. The number of piperidine rings is 1. The van der Waals surface area contributed by atoms with Gasteiger partial charge in [0, 0.05) is 61.9 Å². The third kappa shape index (κ3) is 6.64. The van der Waals surface area contributed by atoms with Crippen LogP contribution in [-0.2, 0) is 0 Å². The van der Waals surface area contributed by atoms with Crippen molar-refractivity contribution >= 4 is 41.7 Å². The Bertz CT molecular complexity index is 467. The average molecular weight is 524 g/mol. The first-order valence-corrected chi connectivity index (χ1v) is 12.4. The molecule has 28 heavy (non-hydrogen) atoms. The predicted octanol–water partition coefficient (Wildman–Crippen LogP) is 3.39. The van der Waals surface area contributed by atoms with E-state index >= 15 is 0 Å². The summed E-state index contributed by atoms with van der Waals surface area (Å²) in [5.41, 5.74) is 0.324. The zero-order chi connectivity index (χ0) is 19.1. The van der Waals surface area contributed by atoms with Gasteiger partial charge in [-0.2, -0.15) is 11.8 Å². The van der Waals surface area contributed by atoms with E-state index in [1.807, 2.05) is 0 Å². The van der Waals surface area contributed by atoms with E-state index in [0.29, 0.717) is 17.6 Å². The van der Waals surface area contributed by atoms with Gasteiger partial charge in [-0.05, 0) is 46.5 Å². The third-order valence-corrected chi connectivity index (χ3v) is 7.64. The number of rotatable bonds is 6. The number of thioether (sulfide) groups is 1. The highest BCUT2D eigenvalue weighted by atomic mass is 127. The Morgan fingerprint density at radius 2 is 1.75 bits per heavy atom. The van der Waals surface area contributed by atoms with Gasteiger partial charge in [-0.25, -0.2) is 0 Å². The van der Waals surface area contributed by atoms with E-state index in [0.717, 1.165) is 19.0 Å². The van der Waals surface area contributed by atoms with Crippen LogP contribution in [0.15, 0.2) is 4.99 Å². The zero-order valence-corrected chi connectivity index (χ0v) is 21.4. The fourth-order valence-corrected chi connectivity index (χ4v) is 5.85. The van der Waals surface area contributed by atoms with Crippen molar-refractivity contribution in [3.8, 4) is 0 Å². The molecule has 1 saturated carbocycles. The minimum atomic E-state index is 0. The Labute approximate surface area is 194 Å². The summed E-state index contributed by atoms with van der Waals surface area (Å²) in [5.74, 6) is 3.62. The first kappa shape index (κ1) is 24.5. The van der Waals surface area contributed by atoms with Crippen molar-refractivity contribution in [1.29, 1.82) is 0 Å².